The van der Waals surface area contributed by atoms with E-state index in [9.17, 15) is 0 Å². The van der Waals surface area contributed by atoms with Crippen molar-refractivity contribution < 1.29 is 0 Å². The summed E-state index contributed by atoms with van der Waals surface area (Å²) in [5.41, 5.74) is 8.53. The normalized spacial score (nSPS) is 17.6. The lowest BCUT2D eigenvalue weighted by Crippen LogP contribution is -2.15. The number of allylic oxidation sites excluding steroid dienone is 3. The average Bonchev–Trinajstić information content (AvgIpc) is 3.50. The van der Waals surface area contributed by atoms with Crippen molar-refractivity contribution in [2.45, 2.75) is 65.5 Å². The Labute approximate surface area is 208 Å². The summed E-state index contributed by atoms with van der Waals surface area (Å²) in [5, 5.41) is 8.42. The number of rotatable bonds is 7. The van der Waals surface area contributed by atoms with Crippen LogP contribution in [0.3, 0.4) is 0 Å². The highest BCUT2D eigenvalue weighted by Crippen LogP contribution is 2.39. The Morgan fingerprint density at radius 3 is 2.80 bits per heavy atom. The summed E-state index contributed by atoms with van der Waals surface area (Å²) in [6, 6.07) is 13.2. The Balaban J connectivity index is 1.37. The second kappa shape index (κ2) is 9.65. The number of anilines is 1. The Morgan fingerprint density at radius 1 is 1.20 bits per heavy atom. The quantitative estimate of drug-likeness (QED) is 0.340. The smallest absolute Gasteiger partial charge is 0.182 e. The van der Waals surface area contributed by atoms with E-state index in [1.807, 2.05) is 22.8 Å². The molecule has 180 valence electrons. The molecule has 1 atom stereocenters. The van der Waals surface area contributed by atoms with Gasteiger partial charge in [-0.05, 0) is 80.3 Å². The topological polar surface area (TPSA) is 46.8 Å². The van der Waals surface area contributed by atoms with Gasteiger partial charge < -0.3 is 9.47 Å². The maximum absolute atomic E-state index is 4.95. The molecule has 3 aromatic rings. The van der Waals surface area contributed by atoms with Crippen molar-refractivity contribution in [3.05, 3.63) is 84.2 Å². The van der Waals surface area contributed by atoms with E-state index in [0.717, 1.165) is 48.8 Å². The summed E-state index contributed by atoms with van der Waals surface area (Å²) >= 11 is 0. The SMILES string of the molecule is C=C(CCC)C1CC=C(c2ccc3c(c2)C(=C)N(c2cccc(-c4nncn4C(C)C)n2)C3)CC1. The predicted octanol–water partition coefficient (Wildman–Crippen LogP) is 7.45. The molecule has 0 amide bonds. The van der Waals surface area contributed by atoms with Crippen LogP contribution in [0.1, 0.15) is 75.6 Å². The summed E-state index contributed by atoms with van der Waals surface area (Å²) in [7, 11) is 0. The van der Waals surface area contributed by atoms with E-state index in [2.05, 4.69) is 73.3 Å². The summed E-state index contributed by atoms with van der Waals surface area (Å²) in [6.45, 7) is 16.0. The zero-order valence-corrected chi connectivity index (χ0v) is 21.2. The van der Waals surface area contributed by atoms with Crippen molar-refractivity contribution >= 4 is 17.1 Å². The molecule has 5 nitrogen and oxygen atoms in total. The lowest BCUT2D eigenvalue weighted by Gasteiger charge is -2.24. The molecule has 5 heteroatoms. The van der Waals surface area contributed by atoms with E-state index in [-0.39, 0.29) is 6.04 Å². The van der Waals surface area contributed by atoms with Crippen LogP contribution in [-0.4, -0.2) is 19.7 Å². The van der Waals surface area contributed by atoms with Crippen LogP contribution in [0, 0.1) is 5.92 Å². The monoisotopic (exact) mass is 465 g/mol. The third-order valence-electron chi connectivity index (χ3n) is 7.37. The summed E-state index contributed by atoms with van der Waals surface area (Å²) < 4.78 is 2.05. The van der Waals surface area contributed by atoms with E-state index < -0.39 is 0 Å². The second-order valence-electron chi connectivity index (χ2n) is 10.1. The lowest BCUT2D eigenvalue weighted by molar-refractivity contribution is 0.539. The summed E-state index contributed by atoms with van der Waals surface area (Å²) in [5.74, 6) is 2.31. The van der Waals surface area contributed by atoms with Gasteiger partial charge in [-0.2, -0.15) is 0 Å². The molecule has 0 radical (unpaired) electrons. The molecule has 0 spiro atoms. The molecule has 0 N–H and O–H groups in total. The first-order valence-electron chi connectivity index (χ1n) is 12.8. The van der Waals surface area contributed by atoms with E-state index in [0.29, 0.717) is 5.92 Å². The molecule has 1 aliphatic heterocycles. The zero-order chi connectivity index (χ0) is 24.5. The number of pyridine rings is 1. The van der Waals surface area contributed by atoms with Gasteiger partial charge in [0.15, 0.2) is 5.82 Å². The highest BCUT2D eigenvalue weighted by molar-refractivity contribution is 5.85. The van der Waals surface area contributed by atoms with Gasteiger partial charge >= 0.3 is 0 Å². The Bertz CT molecular complexity index is 1300. The highest BCUT2D eigenvalue weighted by atomic mass is 15.3. The van der Waals surface area contributed by atoms with Crippen LogP contribution in [0.2, 0.25) is 0 Å². The van der Waals surface area contributed by atoms with Crippen LogP contribution in [0.15, 0.2) is 67.5 Å². The summed E-state index contributed by atoms with van der Waals surface area (Å²) in [4.78, 5) is 7.15. The van der Waals surface area contributed by atoms with Crippen molar-refractivity contribution in [1.29, 1.82) is 0 Å². The third-order valence-corrected chi connectivity index (χ3v) is 7.37. The van der Waals surface area contributed by atoms with Gasteiger partial charge in [-0.25, -0.2) is 4.98 Å². The van der Waals surface area contributed by atoms with E-state index in [1.165, 1.54) is 40.7 Å². The van der Waals surface area contributed by atoms with Gasteiger partial charge in [-0.3, -0.25) is 0 Å². The molecule has 0 bridgehead atoms. The summed E-state index contributed by atoms with van der Waals surface area (Å²) in [6.07, 6.45) is 9.95. The molecule has 0 fully saturated rings. The van der Waals surface area contributed by atoms with Crippen molar-refractivity contribution in [3.63, 3.8) is 0 Å². The number of hydrogen-bond donors (Lipinski definition) is 0. The van der Waals surface area contributed by atoms with Gasteiger partial charge in [0, 0.05) is 17.3 Å². The highest BCUT2D eigenvalue weighted by Gasteiger charge is 2.26. The van der Waals surface area contributed by atoms with Gasteiger partial charge in [-0.15, -0.1) is 10.2 Å². The molecule has 2 aromatic heterocycles. The first kappa shape index (κ1) is 23.3. The van der Waals surface area contributed by atoms with Crippen LogP contribution in [0.4, 0.5) is 5.82 Å². The molecular weight excluding hydrogens is 430 g/mol. The largest absolute Gasteiger partial charge is 0.322 e. The Morgan fingerprint density at radius 2 is 2.06 bits per heavy atom. The molecule has 1 unspecified atom stereocenters. The van der Waals surface area contributed by atoms with Gasteiger partial charge in [0.2, 0.25) is 0 Å². The van der Waals surface area contributed by atoms with E-state index in [4.69, 9.17) is 4.98 Å². The van der Waals surface area contributed by atoms with Crippen molar-refractivity contribution in [2.24, 2.45) is 5.92 Å². The molecule has 3 heterocycles. The molecule has 5 rings (SSSR count). The predicted molar refractivity (Wildman–Crippen MR) is 145 cm³/mol. The van der Waals surface area contributed by atoms with Crippen LogP contribution >= 0.6 is 0 Å². The van der Waals surface area contributed by atoms with Crippen molar-refractivity contribution in [2.75, 3.05) is 4.90 Å². The number of aromatic nitrogens is 4. The van der Waals surface area contributed by atoms with Crippen molar-refractivity contribution in [3.8, 4) is 11.5 Å². The zero-order valence-electron chi connectivity index (χ0n) is 21.2. The second-order valence-corrected chi connectivity index (χ2v) is 10.1. The van der Waals surface area contributed by atoms with E-state index >= 15 is 0 Å². The molecule has 1 aromatic carbocycles. The third kappa shape index (κ3) is 4.47. The van der Waals surface area contributed by atoms with Gasteiger partial charge in [0.1, 0.15) is 17.8 Å². The van der Waals surface area contributed by atoms with Gasteiger partial charge in [0.05, 0.1) is 6.54 Å². The first-order valence-corrected chi connectivity index (χ1v) is 12.8. The minimum absolute atomic E-state index is 0.268. The van der Waals surface area contributed by atoms with E-state index in [1.54, 1.807) is 6.33 Å². The molecule has 35 heavy (non-hydrogen) atoms. The maximum Gasteiger partial charge on any atom is 0.182 e. The number of fused-ring (bicyclic) bond motifs is 1. The maximum atomic E-state index is 4.95. The van der Waals surface area contributed by atoms with Gasteiger partial charge in [-0.1, -0.05) is 56.4 Å². The van der Waals surface area contributed by atoms with Crippen LogP contribution in [0.25, 0.3) is 22.8 Å². The minimum atomic E-state index is 0.268. The molecule has 0 saturated heterocycles. The number of nitrogens with zero attached hydrogens (tertiary/aromatic N) is 5. The average molecular weight is 466 g/mol. The Kier molecular flexibility index (Phi) is 6.42. The molecular formula is C30H35N5. The fourth-order valence-electron chi connectivity index (χ4n) is 5.31. The number of hydrogen-bond acceptors (Lipinski definition) is 4. The molecule has 0 saturated carbocycles. The fourth-order valence-corrected chi connectivity index (χ4v) is 5.31. The van der Waals surface area contributed by atoms with Gasteiger partial charge in [0.25, 0.3) is 0 Å². The van der Waals surface area contributed by atoms with Crippen molar-refractivity contribution in [1.82, 2.24) is 19.7 Å². The molecule has 2 aliphatic rings. The molecule has 1 aliphatic carbocycles. The van der Waals surface area contributed by atoms with Crippen LogP contribution in [-0.2, 0) is 6.54 Å². The standard InChI is InChI=1S/C30H35N5/c1-6-8-21(4)23-11-13-24(14-12-23)25-15-16-26-18-34(22(5)27(26)17-25)29-10-7-9-28(32-29)30-33-31-19-35(30)20(2)3/h7,9-10,13,15-17,19-20,23H,4-6,8,11-12,14,18H2,1-3H3. The van der Waals surface area contributed by atoms with Crippen LogP contribution < -0.4 is 4.90 Å². The minimum Gasteiger partial charge on any atom is -0.322 e. The van der Waals surface area contributed by atoms with Crippen LogP contribution in [0.5, 0.6) is 0 Å². The Hall–Kier alpha value is -3.47. The fraction of sp³-hybridized carbons (Fsp3) is 0.367. The lowest BCUT2D eigenvalue weighted by atomic mass is 9.81. The first-order chi connectivity index (χ1) is 17.0. The number of benzene rings is 1.